The van der Waals surface area contributed by atoms with Crippen molar-refractivity contribution in [2.45, 2.75) is 50.2 Å². The van der Waals surface area contributed by atoms with Crippen molar-refractivity contribution in [1.29, 1.82) is 5.26 Å². The highest BCUT2D eigenvalue weighted by molar-refractivity contribution is 5.89. The predicted molar refractivity (Wildman–Crippen MR) is 94.4 cm³/mol. The summed E-state index contributed by atoms with van der Waals surface area (Å²) in [6.45, 7) is 5.73. The molecule has 0 saturated carbocycles. The minimum absolute atomic E-state index is 0.0900. The number of nitriles is 1. The number of hydrogen-bond donors (Lipinski definition) is 2. The van der Waals surface area contributed by atoms with E-state index in [9.17, 15) is 10.1 Å². The molecule has 6 nitrogen and oxygen atoms in total. The van der Waals surface area contributed by atoms with Crippen LogP contribution in [0.25, 0.3) is 0 Å². The van der Waals surface area contributed by atoms with E-state index in [1.807, 2.05) is 38.1 Å². The normalized spacial score (nSPS) is 26.2. The molecule has 2 aliphatic rings. The molecule has 2 heterocycles. The van der Waals surface area contributed by atoms with Crippen LogP contribution < -0.4 is 10.6 Å². The maximum atomic E-state index is 12.3. The number of anilines is 1. The zero-order valence-corrected chi connectivity index (χ0v) is 14.8. The van der Waals surface area contributed by atoms with E-state index in [1.165, 1.54) is 0 Å². The maximum Gasteiger partial charge on any atom is 0.319 e. The quantitative estimate of drug-likeness (QED) is 0.884. The lowest BCUT2D eigenvalue weighted by atomic mass is 9.86. The summed E-state index contributed by atoms with van der Waals surface area (Å²) in [7, 11) is 0. The van der Waals surface area contributed by atoms with Crippen LogP contribution in [0.5, 0.6) is 0 Å². The zero-order chi connectivity index (χ0) is 17.9. The second-order valence-corrected chi connectivity index (χ2v) is 7.44. The van der Waals surface area contributed by atoms with E-state index < -0.39 is 5.41 Å². The first-order valence-electron chi connectivity index (χ1n) is 8.74. The number of nitrogens with zero attached hydrogens (tertiary/aromatic N) is 1. The fraction of sp³-hybridized carbons (Fsp3) is 0.579. The number of carbonyl (C=O) groups excluding carboxylic acids is 1. The molecule has 0 aromatic heterocycles. The lowest BCUT2D eigenvalue weighted by molar-refractivity contribution is -0.0877. The Kier molecular flexibility index (Phi) is 4.98. The number of nitrogens with one attached hydrogen (secondary N) is 2. The van der Waals surface area contributed by atoms with Gasteiger partial charge in [0.1, 0.15) is 0 Å². The zero-order valence-electron chi connectivity index (χ0n) is 14.8. The van der Waals surface area contributed by atoms with Crippen molar-refractivity contribution in [2.75, 3.05) is 25.1 Å². The molecule has 1 spiro atoms. The van der Waals surface area contributed by atoms with Crippen LogP contribution in [0, 0.1) is 11.3 Å². The van der Waals surface area contributed by atoms with Crippen LogP contribution in [0.2, 0.25) is 0 Å². The van der Waals surface area contributed by atoms with Gasteiger partial charge in [0.2, 0.25) is 0 Å². The Morgan fingerprint density at radius 1 is 1.32 bits per heavy atom. The maximum absolute atomic E-state index is 12.3. The van der Waals surface area contributed by atoms with Crippen molar-refractivity contribution in [1.82, 2.24) is 5.32 Å². The summed E-state index contributed by atoms with van der Waals surface area (Å²) in [6.07, 6.45) is 2.49. The Labute approximate surface area is 148 Å². The molecule has 1 aromatic rings. The van der Waals surface area contributed by atoms with Crippen LogP contribution in [0.3, 0.4) is 0 Å². The molecule has 6 heteroatoms. The van der Waals surface area contributed by atoms with Gasteiger partial charge in [0.25, 0.3) is 0 Å². The van der Waals surface area contributed by atoms with Gasteiger partial charge in [0, 0.05) is 31.4 Å². The number of rotatable bonds is 3. The molecule has 0 aliphatic carbocycles. The first-order valence-corrected chi connectivity index (χ1v) is 8.74. The molecular formula is C19H25N3O3. The van der Waals surface area contributed by atoms with Crippen molar-refractivity contribution in [3.63, 3.8) is 0 Å². The van der Waals surface area contributed by atoms with E-state index in [-0.39, 0.29) is 17.7 Å². The summed E-state index contributed by atoms with van der Waals surface area (Å²) in [5.74, 6) is 0. The first-order chi connectivity index (χ1) is 11.9. The molecule has 134 valence electrons. The molecule has 3 rings (SSSR count). The lowest BCUT2D eigenvalue weighted by Crippen LogP contribution is -2.49. The van der Waals surface area contributed by atoms with Gasteiger partial charge in [0.15, 0.2) is 0 Å². The smallest absolute Gasteiger partial charge is 0.319 e. The second kappa shape index (κ2) is 7.03. The second-order valence-electron chi connectivity index (χ2n) is 7.44. The van der Waals surface area contributed by atoms with Crippen LogP contribution in [0.1, 0.15) is 38.7 Å². The lowest BCUT2D eigenvalue weighted by Gasteiger charge is -2.37. The predicted octanol–water partition coefficient (Wildman–Crippen LogP) is 2.95. The van der Waals surface area contributed by atoms with Crippen molar-refractivity contribution < 1.29 is 14.3 Å². The van der Waals surface area contributed by atoms with Crippen LogP contribution in [0.15, 0.2) is 24.3 Å². The first kappa shape index (κ1) is 17.7. The van der Waals surface area contributed by atoms with Crippen LogP contribution in [-0.2, 0) is 14.9 Å². The van der Waals surface area contributed by atoms with Gasteiger partial charge in [-0.3, -0.25) is 0 Å². The number of carbonyl (C=O) groups is 1. The highest BCUT2D eigenvalue weighted by Gasteiger charge is 2.41. The van der Waals surface area contributed by atoms with Crippen LogP contribution in [0.4, 0.5) is 10.5 Å². The SMILES string of the molecule is CC(C)(C#N)c1ccc(NC(=O)N[C@@H]2CCO[C@]3(CCOC3)C2)cc1. The molecule has 2 fully saturated rings. The van der Waals surface area contributed by atoms with Gasteiger partial charge < -0.3 is 20.1 Å². The van der Waals surface area contributed by atoms with Gasteiger partial charge in [-0.1, -0.05) is 12.1 Å². The summed E-state index contributed by atoms with van der Waals surface area (Å²) < 4.78 is 11.3. The number of urea groups is 1. The molecular weight excluding hydrogens is 318 g/mol. The van der Waals surface area contributed by atoms with Gasteiger partial charge >= 0.3 is 6.03 Å². The van der Waals surface area contributed by atoms with Gasteiger partial charge in [-0.05, 0) is 44.4 Å². The molecule has 0 unspecified atom stereocenters. The molecule has 25 heavy (non-hydrogen) atoms. The molecule has 2 saturated heterocycles. The third kappa shape index (κ3) is 4.12. The van der Waals surface area contributed by atoms with Gasteiger partial charge in [-0.2, -0.15) is 5.26 Å². The van der Waals surface area contributed by atoms with Crippen molar-refractivity contribution in [3.05, 3.63) is 29.8 Å². The fourth-order valence-corrected chi connectivity index (χ4v) is 3.40. The number of benzene rings is 1. The van der Waals surface area contributed by atoms with E-state index in [2.05, 4.69) is 16.7 Å². The Balaban J connectivity index is 1.55. The highest BCUT2D eigenvalue weighted by atomic mass is 16.6. The van der Waals surface area contributed by atoms with E-state index in [0.717, 1.165) is 31.4 Å². The van der Waals surface area contributed by atoms with Crippen LogP contribution >= 0.6 is 0 Å². The minimum atomic E-state index is -0.541. The largest absolute Gasteiger partial charge is 0.378 e. The Hall–Kier alpha value is -2.10. The average Bonchev–Trinajstić information content (AvgIpc) is 3.03. The number of ether oxygens (including phenoxy) is 2. The van der Waals surface area contributed by atoms with Crippen LogP contribution in [-0.4, -0.2) is 37.5 Å². The number of hydrogen-bond acceptors (Lipinski definition) is 4. The van der Waals surface area contributed by atoms with Gasteiger partial charge in [-0.15, -0.1) is 0 Å². The van der Waals surface area contributed by atoms with Gasteiger partial charge in [-0.25, -0.2) is 4.79 Å². The summed E-state index contributed by atoms with van der Waals surface area (Å²) in [5, 5.41) is 15.1. The molecule has 1 aromatic carbocycles. The monoisotopic (exact) mass is 343 g/mol. The summed E-state index contributed by atoms with van der Waals surface area (Å²) >= 11 is 0. The summed E-state index contributed by atoms with van der Waals surface area (Å²) in [6, 6.07) is 9.54. The summed E-state index contributed by atoms with van der Waals surface area (Å²) in [5.41, 5.74) is 0.871. The van der Waals surface area contributed by atoms with Crippen molar-refractivity contribution >= 4 is 11.7 Å². The molecule has 0 radical (unpaired) electrons. The van der Waals surface area contributed by atoms with E-state index in [0.29, 0.717) is 18.9 Å². The molecule has 2 N–H and O–H groups in total. The third-order valence-electron chi connectivity index (χ3n) is 5.04. The summed E-state index contributed by atoms with van der Waals surface area (Å²) in [4.78, 5) is 12.3. The third-order valence-corrected chi connectivity index (χ3v) is 5.04. The van der Waals surface area contributed by atoms with Gasteiger partial charge in [0.05, 0.1) is 23.7 Å². The molecule has 0 bridgehead atoms. The minimum Gasteiger partial charge on any atom is -0.378 e. The molecule has 2 atom stereocenters. The molecule has 2 aliphatic heterocycles. The Morgan fingerprint density at radius 3 is 2.72 bits per heavy atom. The Morgan fingerprint density at radius 2 is 2.08 bits per heavy atom. The van der Waals surface area contributed by atoms with E-state index in [4.69, 9.17) is 9.47 Å². The molecule has 2 amide bonds. The Bertz CT molecular complexity index is 657. The van der Waals surface area contributed by atoms with E-state index in [1.54, 1.807) is 0 Å². The van der Waals surface area contributed by atoms with Crippen molar-refractivity contribution in [2.24, 2.45) is 0 Å². The topological polar surface area (TPSA) is 83.4 Å². The standard InChI is InChI=1S/C19H25N3O3/c1-18(2,12-20)14-3-5-15(6-4-14)21-17(23)22-16-7-9-25-19(11-16)8-10-24-13-19/h3-6,16H,7-11,13H2,1-2H3,(H2,21,22,23)/t16-,19-/m1/s1. The highest BCUT2D eigenvalue weighted by Crippen LogP contribution is 2.32. The fourth-order valence-electron chi connectivity index (χ4n) is 3.40. The number of amides is 2. The van der Waals surface area contributed by atoms with Crippen molar-refractivity contribution in [3.8, 4) is 6.07 Å². The average molecular weight is 343 g/mol. The van der Waals surface area contributed by atoms with E-state index >= 15 is 0 Å².